The van der Waals surface area contributed by atoms with Crippen LogP contribution in [0.1, 0.15) is 11.1 Å². The first-order valence-corrected chi connectivity index (χ1v) is 9.55. The van der Waals surface area contributed by atoms with Crippen molar-refractivity contribution in [3.63, 3.8) is 0 Å². The first-order valence-electron chi connectivity index (χ1n) is 9.17. The number of nitro benzene ring substituents is 1. The molecule has 2 aromatic heterocycles. The fourth-order valence-corrected chi connectivity index (χ4v) is 3.19. The number of hydrogen-bond acceptors (Lipinski definition) is 6. The standard InChI is InChI=1S/C22H15ClN4O4/c1-13-15(22-26-21-19(31-22)6-3-11-24-21)4-2-5-17(13)25-20(28)10-8-14-7-9-16(23)18(12-14)27(29)30/h2-12H,1H3,(H,25,28)/b10-8+. The van der Waals surface area contributed by atoms with Gasteiger partial charge in [-0.1, -0.05) is 23.7 Å². The second kappa shape index (κ2) is 8.37. The summed E-state index contributed by atoms with van der Waals surface area (Å²) in [4.78, 5) is 31.4. The summed E-state index contributed by atoms with van der Waals surface area (Å²) in [5.41, 5.74) is 3.43. The topological polar surface area (TPSA) is 111 Å². The van der Waals surface area contributed by atoms with Crippen LogP contribution in [0.25, 0.3) is 28.8 Å². The van der Waals surface area contributed by atoms with Crippen molar-refractivity contribution in [2.75, 3.05) is 5.32 Å². The Balaban J connectivity index is 1.55. The number of amides is 1. The van der Waals surface area contributed by atoms with E-state index in [1.807, 2.05) is 13.0 Å². The molecule has 8 nitrogen and oxygen atoms in total. The maximum absolute atomic E-state index is 12.4. The van der Waals surface area contributed by atoms with Crippen molar-refractivity contribution >= 4 is 46.2 Å². The maximum Gasteiger partial charge on any atom is 0.288 e. The predicted octanol–water partition coefficient (Wildman–Crippen LogP) is 5.41. The molecule has 0 aliphatic rings. The monoisotopic (exact) mass is 434 g/mol. The summed E-state index contributed by atoms with van der Waals surface area (Å²) in [7, 11) is 0. The number of rotatable bonds is 5. The van der Waals surface area contributed by atoms with Crippen molar-refractivity contribution in [1.29, 1.82) is 0 Å². The van der Waals surface area contributed by atoms with Crippen LogP contribution in [0.4, 0.5) is 11.4 Å². The third-order valence-electron chi connectivity index (χ3n) is 4.58. The van der Waals surface area contributed by atoms with Crippen LogP contribution in [-0.4, -0.2) is 20.8 Å². The number of nitrogens with one attached hydrogen (secondary N) is 1. The molecule has 1 N–H and O–H groups in total. The number of halogens is 1. The van der Waals surface area contributed by atoms with E-state index in [1.165, 1.54) is 24.3 Å². The van der Waals surface area contributed by atoms with Gasteiger partial charge in [0, 0.05) is 29.6 Å². The maximum atomic E-state index is 12.4. The van der Waals surface area contributed by atoms with Gasteiger partial charge in [0.25, 0.3) is 5.69 Å². The second-order valence-corrected chi connectivity index (χ2v) is 7.02. The van der Waals surface area contributed by atoms with Gasteiger partial charge in [-0.2, -0.15) is 4.98 Å². The van der Waals surface area contributed by atoms with Gasteiger partial charge in [0.15, 0.2) is 11.2 Å². The van der Waals surface area contributed by atoms with Gasteiger partial charge < -0.3 is 9.73 Å². The van der Waals surface area contributed by atoms with Crippen molar-refractivity contribution in [1.82, 2.24) is 9.97 Å². The van der Waals surface area contributed by atoms with Crippen LogP contribution in [0, 0.1) is 17.0 Å². The molecule has 2 aromatic carbocycles. The number of pyridine rings is 1. The molecule has 31 heavy (non-hydrogen) atoms. The van der Waals surface area contributed by atoms with E-state index in [0.717, 1.165) is 11.1 Å². The first-order chi connectivity index (χ1) is 14.9. The molecule has 2 heterocycles. The van der Waals surface area contributed by atoms with E-state index >= 15 is 0 Å². The van der Waals surface area contributed by atoms with Gasteiger partial charge in [-0.25, -0.2) is 4.98 Å². The number of hydrogen-bond donors (Lipinski definition) is 1. The molecule has 0 spiro atoms. The van der Waals surface area contributed by atoms with Crippen molar-refractivity contribution < 1.29 is 14.1 Å². The third kappa shape index (κ3) is 4.29. The molecule has 1 amide bonds. The Morgan fingerprint density at radius 1 is 1.23 bits per heavy atom. The number of carbonyl (C=O) groups is 1. The van der Waals surface area contributed by atoms with Crippen LogP contribution in [-0.2, 0) is 4.79 Å². The van der Waals surface area contributed by atoms with Gasteiger partial charge in [-0.3, -0.25) is 14.9 Å². The van der Waals surface area contributed by atoms with Crippen LogP contribution in [0.2, 0.25) is 5.02 Å². The van der Waals surface area contributed by atoms with E-state index in [0.29, 0.717) is 28.4 Å². The minimum absolute atomic E-state index is 0.0356. The Hall–Kier alpha value is -4.04. The summed E-state index contributed by atoms with van der Waals surface area (Å²) < 4.78 is 5.77. The molecule has 154 valence electrons. The lowest BCUT2D eigenvalue weighted by molar-refractivity contribution is -0.384. The minimum Gasteiger partial charge on any atom is -0.434 e. The molecule has 4 rings (SSSR count). The molecule has 0 bridgehead atoms. The highest BCUT2D eigenvalue weighted by molar-refractivity contribution is 6.32. The zero-order chi connectivity index (χ0) is 22.0. The third-order valence-corrected chi connectivity index (χ3v) is 4.90. The molecule has 0 fully saturated rings. The van der Waals surface area contributed by atoms with Crippen LogP contribution in [0.5, 0.6) is 0 Å². The lowest BCUT2D eigenvalue weighted by Gasteiger charge is -2.09. The number of oxazole rings is 1. The van der Waals surface area contributed by atoms with E-state index in [-0.39, 0.29) is 10.7 Å². The first kappa shape index (κ1) is 20.2. The van der Waals surface area contributed by atoms with Gasteiger partial charge in [0.2, 0.25) is 11.8 Å². The molecule has 4 aromatic rings. The number of fused-ring (bicyclic) bond motifs is 1. The molecular formula is C22H15ClN4O4. The Bertz CT molecular complexity index is 1310. The number of carbonyl (C=O) groups excluding carboxylic acids is 1. The van der Waals surface area contributed by atoms with Crippen LogP contribution in [0.15, 0.2) is 65.2 Å². The molecular weight excluding hydrogens is 420 g/mol. The fourth-order valence-electron chi connectivity index (χ4n) is 3.01. The normalized spacial score (nSPS) is 11.2. The zero-order valence-corrected chi connectivity index (χ0v) is 17.0. The molecule has 0 aliphatic carbocycles. The average molecular weight is 435 g/mol. The number of aromatic nitrogens is 2. The largest absolute Gasteiger partial charge is 0.434 e. The van der Waals surface area contributed by atoms with Gasteiger partial charge in [-0.15, -0.1) is 0 Å². The van der Waals surface area contributed by atoms with Crippen LogP contribution in [0.3, 0.4) is 0 Å². The lowest BCUT2D eigenvalue weighted by atomic mass is 10.1. The van der Waals surface area contributed by atoms with Gasteiger partial charge in [0.05, 0.1) is 4.92 Å². The molecule has 0 radical (unpaired) electrons. The summed E-state index contributed by atoms with van der Waals surface area (Å²) in [6.45, 7) is 1.85. The lowest BCUT2D eigenvalue weighted by Crippen LogP contribution is -2.09. The SMILES string of the molecule is Cc1c(NC(=O)/C=C/c2ccc(Cl)c([N+](=O)[O-])c2)cccc1-c1nc2ncccc2o1. The minimum atomic E-state index is -0.573. The zero-order valence-electron chi connectivity index (χ0n) is 16.2. The van der Waals surface area contributed by atoms with E-state index in [9.17, 15) is 14.9 Å². The van der Waals surface area contributed by atoms with Crippen molar-refractivity contribution in [2.24, 2.45) is 0 Å². The Labute approximate surface area is 181 Å². The van der Waals surface area contributed by atoms with Gasteiger partial charge in [-0.05, 0) is 54.5 Å². The number of nitro groups is 1. The number of benzene rings is 2. The second-order valence-electron chi connectivity index (χ2n) is 6.61. The Morgan fingerprint density at radius 3 is 2.84 bits per heavy atom. The highest BCUT2D eigenvalue weighted by Crippen LogP contribution is 2.30. The van der Waals surface area contributed by atoms with Gasteiger partial charge >= 0.3 is 0 Å². The van der Waals surface area contributed by atoms with E-state index < -0.39 is 10.8 Å². The van der Waals surface area contributed by atoms with E-state index in [1.54, 1.807) is 36.5 Å². The van der Waals surface area contributed by atoms with E-state index in [4.69, 9.17) is 16.0 Å². The molecule has 0 saturated heterocycles. The highest BCUT2D eigenvalue weighted by Gasteiger charge is 2.14. The summed E-state index contributed by atoms with van der Waals surface area (Å²) in [5, 5.41) is 13.8. The van der Waals surface area contributed by atoms with Crippen LogP contribution < -0.4 is 5.32 Å². The van der Waals surface area contributed by atoms with Crippen molar-refractivity contribution in [3.8, 4) is 11.5 Å². The van der Waals surface area contributed by atoms with Crippen molar-refractivity contribution in [3.05, 3.63) is 87.1 Å². The number of nitrogens with zero attached hydrogens (tertiary/aromatic N) is 3. The smallest absolute Gasteiger partial charge is 0.288 e. The molecule has 0 saturated carbocycles. The summed E-state index contributed by atoms with van der Waals surface area (Å²) in [6.07, 6.45) is 4.41. The predicted molar refractivity (Wildman–Crippen MR) is 118 cm³/mol. The summed E-state index contributed by atoms with van der Waals surface area (Å²) >= 11 is 5.81. The molecule has 0 atom stereocenters. The average Bonchev–Trinajstić information content (AvgIpc) is 3.18. The van der Waals surface area contributed by atoms with Crippen molar-refractivity contribution in [2.45, 2.75) is 6.92 Å². The molecule has 9 heteroatoms. The van der Waals surface area contributed by atoms with E-state index in [2.05, 4.69) is 15.3 Å². The van der Waals surface area contributed by atoms with Crippen LogP contribution >= 0.6 is 11.6 Å². The summed E-state index contributed by atoms with van der Waals surface area (Å²) in [5.74, 6) is 0.0170. The fraction of sp³-hybridized carbons (Fsp3) is 0.0455. The highest BCUT2D eigenvalue weighted by atomic mass is 35.5. The Morgan fingerprint density at radius 2 is 2.06 bits per heavy atom. The van der Waals surface area contributed by atoms with Gasteiger partial charge in [0.1, 0.15) is 5.02 Å². The molecule has 0 aliphatic heterocycles. The molecule has 0 unspecified atom stereocenters. The Kier molecular flexibility index (Phi) is 5.46. The number of anilines is 1. The summed E-state index contributed by atoms with van der Waals surface area (Å²) in [6, 6.07) is 13.3. The quantitative estimate of drug-likeness (QED) is 0.255.